The van der Waals surface area contributed by atoms with E-state index in [9.17, 15) is 0 Å². The Morgan fingerprint density at radius 1 is 1.35 bits per heavy atom. The van der Waals surface area contributed by atoms with Gasteiger partial charge in [-0.3, -0.25) is 0 Å². The average Bonchev–Trinajstić information content (AvgIpc) is 2.73. The Bertz CT molecular complexity index is 510. The topological polar surface area (TPSA) is 35.2 Å². The maximum absolute atomic E-state index is 5.79. The molecule has 0 aliphatic heterocycles. The van der Waals surface area contributed by atoms with E-state index in [-0.39, 0.29) is 0 Å². The molecule has 0 atom stereocenters. The van der Waals surface area contributed by atoms with Crippen LogP contribution in [0.5, 0.6) is 5.75 Å². The molecule has 1 aromatic heterocycles. The molecule has 0 aliphatic rings. The third-order valence-corrected chi connectivity index (χ3v) is 4.10. The van der Waals surface area contributed by atoms with E-state index >= 15 is 0 Å². The van der Waals surface area contributed by atoms with Crippen LogP contribution in [0.4, 0.5) is 0 Å². The highest BCUT2D eigenvalue weighted by Gasteiger charge is 2.04. The van der Waals surface area contributed by atoms with Crippen LogP contribution in [-0.4, -0.2) is 0 Å². The molecule has 2 N–H and O–H groups in total. The van der Waals surface area contributed by atoms with Crippen molar-refractivity contribution in [3.63, 3.8) is 0 Å². The monoisotopic (exact) mass is 311 g/mol. The second-order valence-corrected chi connectivity index (χ2v) is 5.75. The lowest BCUT2D eigenvalue weighted by Gasteiger charge is -2.10. The minimum absolute atomic E-state index is 0.505. The van der Waals surface area contributed by atoms with Crippen molar-refractivity contribution in [2.75, 3.05) is 0 Å². The van der Waals surface area contributed by atoms with E-state index in [1.807, 2.05) is 12.1 Å². The number of benzene rings is 1. The maximum Gasteiger partial charge on any atom is 0.124 e. The Morgan fingerprint density at radius 2 is 2.18 bits per heavy atom. The van der Waals surface area contributed by atoms with E-state index in [1.54, 1.807) is 11.3 Å². The summed E-state index contributed by atoms with van der Waals surface area (Å²) in [7, 11) is 0. The zero-order valence-corrected chi connectivity index (χ0v) is 12.0. The van der Waals surface area contributed by atoms with Gasteiger partial charge in [-0.05, 0) is 35.0 Å². The molecule has 0 spiro atoms. The minimum Gasteiger partial charge on any atom is -0.488 e. The first-order chi connectivity index (χ1) is 8.19. The fourth-order valence-electron chi connectivity index (χ4n) is 1.59. The molecule has 4 heteroatoms. The third-order valence-electron chi connectivity index (χ3n) is 2.43. The van der Waals surface area contributed by atoms with Crippen LogP contribution in [0.25, 0.3) is 0 Å². The Hall–Kier alpha value is -0.840. The number of rotatable bonds is 4. The van der Waals surface area contributed by atoms with Gasteiger partial charge in [0.15, 0.2) is 0 Å². The van der Waals surface area contributed by atoms with Crippen LogP contribution in [0.2, 0.25) is 0 Å². The van der Waals surface area contributed by atoms with Gasteiger partial charge in [-0.2, -0.15) is 0 Å². The summed E-state index contributed by atoms with van der Waals surface area (Å²) in [5, 5.41) is 2.05. The fourth-order valence-corrected chi connectivity index (χ4v) is 2.95. The van der Waals surface area contributed by atoms with Crippen molar-refractivity contribution in [2.45, 2.75) is 20.1 Å². The second kappa shape index (κ2) is 5.67. The number of hydrogen-bond donors (Lipinski definition) is 1. The molecule has 0 bridgehead atoms. The van der Waals surface area contributed by atoms with E-state index in [2.05, 4.69) is 40.4 Å². The lowest BCUT2D eigenvalue weighted by Crippen LogP contribution is -2.02. The summed E-state index contributed by atoms with van der Waals surface area (Å²) in [5.74, 6) is 0.877. The van der Waals surface area contributed by atoms with Crippen molar-refractivity contribution < 1.29 is 4.74 Å². The van der Waals surface area contributed by atoms with Gasteiger partial charge in [0.05, 0.1) is 0 Å². The summed E-state index contributed by atoms with van der Waals surface area (Å²) in [4.78, 5) is 1.19. The minimum atomic E-state index is 0.505. The first kappa shape index (κ1) is 12.6. The fraction of sp³-hybridized carbons (Fsp3) is 0.231. The van der Waals surface area contributed by atoms with Crippen molar-refractivity contribution in [2.24, 2.45) is 5.73 Å². The van der Waals surface area contributed by atoms with Crippen LogP contribution in [0, 0.1) is 6.92 Å². The Morgan fingerprint density at radius 3 is 2.82 bits per heavy atom. The molecule has 0 unspecified atom stereocenters. The van der Waals surface area contributed by atoms with Gasteiger partial charge in [0, 0.05) is 26.8 Å². The summed E-state index contributed by atoms with van der Waals surface area (Å²) in [6.45, 7) is 3.15. The van der Waals surface area contributed by atoms with Crippen LogP contribution in [0.3, 0.4) is 0 Å². The van der Waals surface area contributed by atoms with Crippen molar-refractivity contribution in [1.29, 1.82) is 0 Å². The Labute approximate surface area is 114 Å². The van der Waals surface area contributed by atoms with Crippen LogP contribution in [0.1, 0.15) is 16.0 Å². The highest BCUT2D eigenvalue weighted by molar-refractivity contribution is 9.10. The molecule has 0 aliphatic carbocycles. The molecule has 0 fully saturated rings. The normalized spacial score (nSPS) is 10.5. The van der Waals surface area contributed by atoms with Gasteiger partial charge in [-0.15, -0.1) is 11.3 Å². The average molecular weight is 312 g/mol. The highest BCUT2D eigenvalue weighted by atomic mass is 79.9. The standard InChI is InChI=1S/C13H14BrNOS/c1-9-2-3-13(10(4-9)6-15)16-7-12-5-11(14)8-17-12/h2-5,8H,6-7,15H2,1H3. The molecule has 1 aromatic carbocycles. The van der Waals surface area contributed by atoms with Crippen molar-refractivity contribution in [3.05, 3.63) is 50.1 Å². The smallest absolute Gasteiger partial charge is 0.124 e. The Balaban J connectivity index is 2.08. The van der Waals surface area contributed by atoms with Crippen LogP contribution < -0.4 is 10.5 Å². The van der Waals surface area contributed by atoms with E-state index in [0.717, 1.165) is 15.8 Å². The first-order valence-corrected chi connectivity index (χ1v) is 7.01. The molecule has 2 nitrogen and oxygen atoms in total. The van der Waals surface area contributed by atoms with Gasteiger partial charge >= 0.3 is 0 Å². The largest absolute Gasteiger partial charge is 0.488 e. The molecular formula is C13H14BrNOS. The first-order valence-electron chi connectivity index (χ1n) is 5.34. The van der Waals surface area contributed by atoms with Crippen molar-refractivity contribution >= 4 is 27.3 Å². The molecular weight excluding hydrogens is 298 g/mol. The number of thiophene rings is 1. The van der Waals surface area contributed by atoms with E-state index in [4.69, 9.17) is 10.5 Å². The molecule has 2 aromatic rings. The second-order valence-electron chi connectivity index (χ2n) is 3.84. The summed E-state index contributed by atoms with van der Waals surface area (Å²) >= 11 is 5.11. The van der Waals surface area contributed by atoms with Gasteiger partial charge in [0.25, 0.3) is 0 Å². The third kappa shape index (κ3) is 3.31. The number of ether oxygens (including phenoxy) is 1. The number of halogens is 1. The van der Waals surface area contributed by atoms with Gasteiger partial charge in [-0.1, -0.05) is 17.7 Å². The van der Waals surface area contributed by atoms with Crippen LogP contribution in [0.15, 0.2) is 34.1 Å². The number of hydrogen-bond acceptors (Lipinski definition) is 3. The van der Waals surface area contributed by atoms with Crippen LogP contribution >= 0.6 is 27.3 Å². The summed E-state index contributed by atoms with van der Waals surface area (Å²) < 4.78 is 6.89. The van der Waals surface area contributed by atoms with E-state index < -0.39 is 0 Å². The predicted molar refractivity (Wildman–Crippen MR) is 75.4 cm³/mol. The summed E-state index contributed by atoms with van der Waals surface area (Å²) in [6.07, 6.45) is 0. The number of nitrogens with two attached hydrogens (primary N) is 1. The molecule has 17 heavy (non-hydrogen) atoms. The van der Waals surface area contributed by atoms with Gasteiger partial charge in [-0.25, -0.2) is 0 Å². The van der Waals surface area contributed by atoms with Gasteiger partial charge in [0.2, 0.25) is 0 Å². The zero-order chi connectivity index (χ0) is 12.3. The van der Waals surface area contributed by atoms with Crippen molar-refractivity contribution in [1.82, 2.24) is 0 Å². The van der Waals surface area contributed by atoms with Gasteiger partial charge in [0.1, 0.15) is 12.4 Å². The lowest BCUT2D eigenvalue weighted by atomic mass is 10.1. The highest BCUT2D eigenvalue weighted by Crippen LogP contribution is 2.24. The summed E-state index contributed by atoms with van der Waals surface area (Å²) in [5.41, 5.74) is 7.97. The molecule has 0 saturated heterocycles. The predicted octanol–water partition coefficient (Wildman–Crippen LogP) is 3.86. The van der Waals surface area contributed by atoms with E-state index in [1.165, 1.54) is 10.4 Å². The quantitative estimate of drug-likeness (QED) is 0.930. The molecule has 0 saturated carbocycles. The van der Waals surface area contributed by atoms with Crippen molar-refractivity contribution in [3.8, 4) is 5.75 Å². The van der Waals surface area contributed by atoms with Gasteiger partial charge < -0.3 is 10.5 Å². The van der Waals surface area contributed by atoms with E-state index in [0.29, 0.717) is 13.2 Å². The molecule has 1 heterocycles. The Kier molecular flexibility index (Phi) is 4.20. The van der Waals surface area contributed by atoms with Crippen LogP contribution in [-0.2, 0) is 13.2 Å². The molecule has 90 valence electrons. The zero-order valence-electron chi connectivity index (χ0n) is 9.57. The lowest BCUT2D eigenvalue weighted by molar-refractivity contribution is 0.306. The SMILES string of the molecule is Cc1ccc(OCc2cc(Br)cs2)c(CN)c1. The maximum atomic E-state index is 5.79. The molecule has 0 amide bonds. The molecule has 2 rings (SSSR count). The molecule has 0 radical (unpaired) electrons. The number of aryl methyl sites for hydroxylation is 1. The summed E-state index contributed by atoms with van der Waals surface area (Å²) in [6, 6.07) is 8.17.